The van der Waals surface area contributed by atoms with Gasteiger partial charge >= 0.3 is 0 Å². The predicted octanol–water partition coefficient (Wildman–Crippen LogP) is 2.12. The van der Waals surface area contributed by atoms with E-state index in [1.54, 1.807) is 17.0 Å². The van der Waals surface area contributed by atoms with Crippen LogP contribution in [0.25, 0.3) is 0 Å². The fraction of sp³-hybridized carbons (Fsp3) is 0.400. The number of hydrogen-bond acceptors (Lipinski definition) is 2. The largest absolute Gasteiger partial charge is 0.508 e. The lowest BCUT2D eigenvalue weighted by atomic mass is 10.0. The van der Waals surface area contributed by atoms with Crippen LogP contribution >= 0.6 is 0 Å². The third-order valence-corrected chi connectivity index (χ3v) is 5.03. The molecule has 3 nitrogen and oxygen atoms in total. The molecule has 2 aromatic carbocycles. The minimum Gasteiger partial charge on any atom is -0.508 e. The maximum absolute atomic E-state index is 9.35. The van der Waals surface area contributed by atoms with Gasteiger partial charge < -0.3 is 14.9 Å². The first kappa shape index (κ1) is 15.9. The van der Waals surface area contributed by atoms with E-state index in [9.17, 15) is 5.11 Å². The Morgan fingerprint density at radius 3 is 2.30 bits per heavy atom. The van der Waals surface area contributed by atoms with Crippen LogP contribution in [0.4, 0.5) is 5.69 Å². The quantitative estimate of drug-likeness (QED) is 0.885. The summed E-state index contributed by atoms with van der Waals surface area (Å²) in [5.41, 5.74) is 2.67. The van der Waals surface area contributed by atoms with E-state index in [4.69, 9.17) is 0 Å². The number of phenolic OH excluding ortho intramolecular Hbond substituents is 1. The Bertz CT molecular complexity index is 589. The summed E-state index contributed by atoms with van der Waals surface area (Å²) in [5.74, 6) is 0.351. The van der Waals surface area contributed by atoms with Crippen molar-refractivity contribution in [1.82, 2.24) is 0 Å². The van der Waals surface area contributed by atoms with Crippen molar-refractivity contribution in [3.05, 3.63) is 60.2 Å². The highest BCUT2D eigenvalue weighted by Gasteiger charge is 2.24. The number of para-hydroxylation sites is 1. The molecule has 122 valence electrons. The number of rotatable bonds is 5. The first-order valence-electron chi connectivity index (χ1n) is 8.65. The molecular formula is C20H27N2O+. The molecule has 3 heteroatoms. The van der Waals surface area contributed by atoms with Crippen LogP contribution in [0, 0.1) is 0 Å². The zero-order valence-electron chi connectivity index (χ0n) is 13.9. The number of nitrogens with zero attached hydrogens (tertiary/aromatic N) is 1. The maximum Gasteiger partial charge on any atom is 0.115 e. The lowest BCUT2D eigenvalue weighted by Gasteiger charge is -2.36. The molecule has 1 aliphatic rings. The molecule has 0 unspecified atom stereocenters. The van der Waals surface area contributed by atoms with Crippen molar-refractivity contribution in [2.75, 3.05) is 31.1 Å². The summed E-state index contributed by atoms with van der Waals surface area (Å²) in [6, 6.07) is 19.0. The van der Waals surface area contributed by atoms with Gasteiger partial charge in [0.1, 0.15) is 5.75 Å². The van der Waals surface area contributed by atoms with Crippen LogP contribution in [0.15, 0.2) is 54.6 Å². The SMILES string of the molecule is C[C@@H](CCc1ccc(O)cc1)[NH+]1CCN(c2ccccc2)CC1. The van der Waals surface area contributed by atoms with Gasteiger partial charge in [-0.3, -0.25) is 0 Å². The van der Waals surface area contributed by atoms with E-state index in [0.717, 1.165) is 19.5 Å². The molecule has 1 aliphatic heterocycles. The van der Waals surface area contributed by atoms with Gasteiger partial charge in [-0.2, -0.15) is 0 Å². The fourth-order valence-electron chi connectivity index (χ4n) is 3.43. The Labute approximate surface area is 139 Å². The molecule has 3 rings (SSSR count). The molecule has 2 aromatic rings. The second-order valence-corrected chi connectivity index (χ2v) is 6.59. The Kier molecular flexibility index (Phi) is 5.19. The summed E-state index contributed by atoms with van der Waals surface area (Å²) < 4.78 is 0. The first-order chi connectivity index (χ1) is 11.2. The van der Waals surface area contributed by atoms with Gasteiger partial charge in [-0.25, -0.2) is 0 Å². The molecule has 1 heterocycles. The summed E-state index contributed by atoms with van der Waals surface area (Å²) in [4.78, 5) is 4.21. The second-order valence-electron chi connectivity index (χ2n) is 6.59. The number of aryl methyl sites for hydroxylation is 1. The first-order valence-corrected chi connectivity index (χ1v) is 8.65. The minimum atomic E-state index is 0.351. The highest BCUT2D eigenvalue weighted by atomic mass is 16.3. The van der Waals surface area contributed by atoms with Gasteiger partial charge in [-0.1, -0.05) is 30.3 Å². The lowest BCUT2D eigenvalue weighted by molar-refractivity contribution is -0.924. The summed E-state index contributed by atoms with van der Waals surface area (Å²) in [5, 5.41) is 9.35. The van der Waals surface area contributed by atoms with Crippen molar-refractivity contribution < 1.29 is 10.0 Å². The van der Waals surface area contributed by atoms with Crippen LogP contribution in [0.2, 0.25) is 0 Å². The van der Waals surface area contributed by atoms with E-state index < -0.39 is 0 Å². The molecule has 1 fully saturated rings. The molecule has 0 aliphatic carbocycles. The van der Waals surface area contributed by atoms with Crippen LogP contribution in [0.1, 0.15) is 18.9 Å². The smallest absolute Gasteiger partial charge is 0.115 e. The van der Waals surface area contributed by atoms with Crippen LogP contribution in [0.5, 0.6) is 5.75 Å². The van der Waals surface area contributed by atoms with Crippen LogP contribution in [-0.2, 0) is 6.42 Å². The summed E-state index contributed by atoms with van der Waals surface area (Å²) in [6.07, 6.45) is 2.29. The van der Waals surface area contributed by atoms with Gasteiger partial charge in [0, 0.05) is 12.1 Å². The van der Waals surface area contributed by atoms with Crippen molar-refractivity contribution in [3.8, 4) is 5.75 Å². The Morgan fingerprint density at radius 1 is 1.00 bits per heavy atom. The van der Waals surface area contributed by atoms with E-state index in [1.165, 1.54) is 30.8 Å². The average Bonchev–Trinajstić information content (AvgIpc) is 2.62. The van der Waals surface area contributed by atoms with E-state index >= 15 is 0 Å². The third-order valence-electron chi connectivity index (χ3n) is 5.03. The van der Waals surface area contributed by atoms with Gasteiger partial charge in [0.05, 0.1) is 32.2 Å². The highest BCUT2D eigenvalue weighted by Crippen LogP contribution is 2.13. The summed E-state index contributed by atoms with van der Waals surface area (Å²) in [6.45, 7) is 7.08. The molecule has 1 atom stereocenters. The number of hydrogen-bond donors (Lipinski definition) is 2. The molecule has 0 bridgehead atoms. The molecule has 2 N–H and O–H groups in total. The van der Waals surface area contributed by atoms with Gasteiger partial charge in [-0.05, 0) is 43.2 Å². The Morgan fingerprint density at radius 2 is 1.65 bits per heavy atom. The van der Waals surface area contributed by atoms with Gasteiger partial charge in [0.15, 0.2) is 0 Å². The third kappa shape index (κ3) is 4.26. The molecule has 1 saturated heterocycles. The number of aromatic hydroxyl groups is 1. The molecule has 0 radical (unpaired) electrons. The van der Waals surface area contributed by atoms with Gasteiger partial charge in [0.25, 0.3) is 0 Å². The number of quaternary nitrogens is 1. The van der Waals surface area contributed by atoms with Crippen LogP contribution in [-0.4, -0.2) is 37.3 Å². The zero-order chi connectivity index (χ0) is 16.1. The number of phenols is 1. The molecule has 0 aromatic heterocycles. The molecular weight excluding hydrogens is 284 g/mol. The highest BCUT2D eigenvalue weighted by molar-refractivity contribution is 5.46. The average molecular weight is 311 g/mol. The zero-order valence-corrected chi connectivity index (χ0v) is 13.9. The van der Waals surface area contributed by atoms with Crippen molar-refractivity contribution in [2.24, 2.45) is 0 Å². The van der Waals surface area contributed by atoms with Gasteiger partial charge in [0.2, 0.25) is 0 Å². The molecule has 23 heavy (non-hydrogen) atoms. The van der Waals surface area contributed by atoms with E-state index in [0.29, 0.717) is 11.8 Å². The predicted molar refractivity (Wildman–Crippen MR) is 95.2 cm³/mol. The monoisotopic (exact) mass is 311 g/mol. The summed E-state index contributed by atoms with van der Waals surface area (Å²) >= 11 is 0. The topological polar surface area (TPSA) is 27.9 Å². The van der Waals surface area contributed by atoms with E-state index in [-0.39, 0.29) is 0 Å². The molecule has 0 saturated carbocycles. The van der Waals surface area contributed by atoms with Crippen LogP contribution < -0.4 is 9.80 Å². The van der Waals surface area contributed by atoms with Gasteiger partial charge in [-0.15, -0.1) is 0 Å². The van der Waals surface area contributed by atoms with E-state index in [1.807, 2.05) is 12.1 Å². The Hall–Kier alpha value is -2.00. The second kappa shape index (κ2) is 7.51. The number of anilines is 1. The number of nitrogens with one attached hydrogen (secondary N) is 1. The lowest BCUT2D eigenvalue weighted by Crippen LogP contribution is -3.18. The normalized spacial score (nSPS) is 17.2. The fourth-order valence-corrected chi connectivity index (χ4v) is 3.43. The van der Waals surface area contributed by atoms with Crippen molar-refractivity contribution >= 4 is 5.69 Å². The summed E-state index contributed by atoms with van der Waals surface area (Å²) in [7, 11) is 0. The standard InChI is InChI=1S/C20H26N2O/c1-17(7-8-18-9-11-20(23)12-10-18)21-13-15-22(16-14-21)19-5-3-2-4-6-19/h2-6,9-12,17,23H,7-8,13-16H2,1H3/p+1/t17-/m0/s1. The Balaban J connectivity index is 1.46. The van der Waals surface area contributed by atoms with Crippen LogP contribution in [0.3, 0.4) is 0 Å². The van der Waals surface area contributed by atoms with Crippen molar-refractivity contribution in [2.45, 2.75) is 25.8 Å². The number of piperazine rings is 1. The number of benzene rings is 2. The van der Waals surface area contributed by atoms with Crippen molar-refractivity contribution in [1.29, 1.82) is 0 Å². The maximum atomic E-state index is 9.35. The molecule has 0 amide bonds. The molecule has 0 spiro atoms. The minimum absolute atomic E-state index is 0.351. The van der Waals surface area contributed by atoms with E-state index in [2.05, 4.69) is 42.2 Å². The van der Waals surface area contributed by atoms with Crippen molar-refractivity contribution in [3.63, 3.8) is 0 Å².